The van der Waals surface area contributed by atoms with Crippen molar-refractivity contribution < 1.29 is 24.2 Å². The molecule has 3 heteroatoms. The van der Waals surface area contributed by atoms with Gasteiger partial charge < -0.3 is 7.43 Å². The van der Waals surface area contributed by atoms with Gasteiger partial charge in [0.05, 0.1) is 0 Å². The van der Waals surface area contributed by atoms with Crippen LogP contribution in [-0.4, -0.2) is 4.21 Å². The van der Waals surface area contributed by atoms with Gasteiger partial charge in [-0.3, -0.25) is 6.08 Å². The molecule has 5 aliphatic rings. The Labute approximate surface area is 358 Å². The summed E-state index contributed by atoms with van der Waals surface area (Å²) >= 11 is 1.30. The number of allylic oxidation sites excluding steroid dienone is 10. The summed E-state index contributed by atoms with van der Waals surface area (Å²) in [5.74, 6) is 2.76. The standard InChI is InChI=1S/C29H37.C10H7.C10H15.CH3.CH2.2ClH.Zr/c1-18-25-22-17-19-13-9-10-14-20(19)24(22)21-15-11-12-16-23(21)29(25,8)28(6,7)27(4,5)26(18,2)3;1-2-6-10-8-4-3-7-9(10)5-1;1-8-5-6-9(7-8)10(2,3)4;;;;;/h9-11,13-15,23H,12,16-17H2,1-8H3;1-3,5-8H;6-8H,1-4H3;1H3;1H2;2*1H;/q4*-1;;;;. The van der Waals surface area contributed by atoms with Crippen LogP contribution < -0.4 is 0 Å². The van der Waals surface area contributed by atoms with Crippen LogP contribution in [0, 0.1) is 64.4 Å². The van der Waals surface area contributed by atoms with E-state index in [0.717, 1.165) is 6.42 Å². The summed E-state index contributed by atoms with van der Waals surface area (Å²) in [6.07, 6.45) is 16.2. The van der Waals surface area contributed by atoms with Crippen molar-refractivity contribution in [3.05, 3.63) is 150 Å². The fourth-order valence-electron chi connectivity index (χ4n) is 9.69. The van der Waals surface area contributed by atoms with Gasteiger partial charge in [-0.15, -0.1) is 48.6 Å². The summed E-state index contributed by atoms with van der Waals surface area (Å²) in [4.78, 5) is 0. The van der Waals surface area contributed by atoms with E-state index in [2.05, 4.69) is 166 Å². The van der Waals surface area contributed by atoms with Crippen molar-refractivity contribution in [3.63, 3.8) is 0 Å². The van der Waals surface area contributed by atoms with E-state index in [0.29, 0.717) is 17.3 Å². The fourth-order valence-corrected chi connectivity index (χ4v) is 9.69. The Hall–Kier alpha value is -2.18. The molecule has 0 bridgehead atoms. The fraction of sp³-hybridized carbons (Fsp3) is 0.431. The van der Waals surface area contributed by atoms with E-state index in [4.69, 9.17) is 0 Å². The van der Waals surface area contributed by atoms with E-state index in [1.807, 2.05) is 24.3 Å². The second-order valence-corrected chi connectivity index (χ2v) is 18.0. The first-order chi connectivity index (χ1) is 23.9. The predicted molar refractivity (Wildman–Crippen MR) is 240 cm³/mol. The van der Waals surface area contributed by atoms with E-state index in [9.17, 15) is 0 Å². The van der Waals surface area contributed by atoms with E-state index < -0.39 is 0 Å². The number of hydrogen-bond donors (Lipinski definition) is 0. The first-order valence-corrected chi connectivity index (χ1v) is 20.8. The zero-order chi connectivity index (χ0) is 37.6. The van der Waals surface area contributed by atoms with Crippen molar-refractivity contribution >= 4 is 45.4 Å². The summed E-state index contributed by atoms with van der Waals surface area (Å²) in [7, 11) is 0. The van der Waals surface area contributed by atoms with E-state index in [1.54, 1.807) is 28.2 Å². The molecule has 54 heavy (non-hydrogen) atoms. The molecule has 1 fully saturated rings. The van der Waals surface area contributed by atoms with Crippen LogP contribution in [0.25, 0.3) is 16.3 Å². The van der Waals surface area contributed by atoms with Gasteiger partial charge in [0.2, 0.25) is 0 Å². The molecular weight excluding hydrogens is 775 g/mol. The number of fused-ring (bicyclic) bond motifs is 7. The molecule has 3 unspecified atom stereocenters. The Morgan fingerprint density at radius 2 is 1.46 bits per heavy atom. The quantitative estimate of drug-likeness (QED) is 0.198. The Morgan fingerprint density at radius 1 is 0.852 bits per heavy atom. The zero-order valence-corrected chi connectivity index (χ0v) is 39.6. The van der Waals surface area contributed by atoms with Gasteiger partial charge in [0.25, 0.3) is 0 Å². The number of rotatable bonds is 0. The molecule has 1 saturated carbocycles. The Kier molecular flexibility index (Phi) is 16.0. The third kappa shape index (κ3) is 8.00. The first-order valence-electron chi connectivity index (χ1n) is 19.0. The van der Waals surface area contributed by atoms with Crippen molar-refractivity contribution in [1.82, 2.24) is 0 Å². The second-order valence-electron chi connectivity index (χ2n) is 18.0. The molecule has 3 atom stereocenters. The summed E-state index contributed by atoms with van der Waals surface area (Å²) in [5, 5.41) is 2.53. The van der Waals surface area contributed by atoms with Crippen LogP contribution in [0.15, 0.2) is 113 Å². The van der Waals surface area contributed by atoms with Gasteiger partial charge in [0, 0.05) is 0 Å². The minimum atomic E-state index is 0. The zero-order valence-electron chi connectivity index (χ0n) is 35.5. The SMILES string of the molecule is CC1[C-]=CC(C(C)(C)C)=C1.C[C-]1C2=C3Cc4ccccc4C3=C3C=CCCC3C2(C)C(C)(C)C(C)(C)C1(C)C.Cl.Cl.[CH2]=[Zr].[CH3-].[c-]1ccc2ccccc2c1. The third-order valence-electron chi connectivity index (χ3n) is 14.2. The molecule has 5 aliphatic carbocycles. The molecule has 0 amide bonds. The molecule has 0 N–H and O–H groups in total. The molecule has 0 spiro atoms. The molecule has 3 aromatic rings. The maximum Gasteiger partial charge on any atom is -0.0648 e. The van der Waals surface area contributed by atoms with Crippen molar-refractivity contribution in [1.29, 1.82) is 0 Å². The van der Waals surface area contributed by atoms with Crippen LogP contribution >= 0.6 is 24.8 Å². The molecule has 0 radical (unpaired) electrons. The molecule has 3 aromatic carbocycles. The van der Waals surface area contributed by atoms with Crippen LogP contribution in [0.2, 0.25) is 0 Å². The van der Waals surface area contributed by atoms with Gasteiger partial charge >= 0.3 is 28.4 Å². The number of hydrogen-bond acceptors (Lipinski definition) is 0. The number of halogens is 2. The minimum absolute atomic E-state index is 0. The molecule has 0 heterocycles. The first kappa shape index (κ1) is 48.0. The van der Waals surface area contributed by atoms with Gasteiger partial charge in [-0.2, -0.15) is 47.1 Å². The van der Waals surface area contributed by atoms with Crippen LogP contribution in [0.5, 0.6) is 0 Å². The normalized spacial score (nSPS) is 24.4. The molecule has 0 aliphatic heterocycles. The summed E-state index contributed by atoms with van der Waals surface area (Å²) in [6.45, 7) is 29.2. The van der Waals surface area contributed by atoms with Crippen molar-refractivity contribution in [2.24, 2.45) is 38.9 Å². The molecule has 0 aromatic heterocycles. The minimum Gasteiger partial charge on any atom is -0.358 e. The van der Waals surface area contributed by atoms with Gasteiger partial charge in [-0.25, -0.2) is 12.0 Å². The second kappa shape index (κ2) is 18.0. The average molecular weight is 841 g/mol. The molecule has 0 saturated heterocycles. The van der Waals surface area contributed by atoms with E-state index in [1.165, 1.54) is 64.5 Å². The number of benzene rings is 3. The smallest absolute Gasteiger partial charge is 0.0648 e. The van der Waals surface area contributed by atoms with Crippen molar-refractivity contribution in [2.75, 3.05) is 0 Å². The van der Waals surface area contributed by atoms with Gasteiger partial charge in [0.15, 0.2) is 0 Å². The Bertz CT molecular complexity index is 1860. The Balaban J connectivity index is 0.000000333. The Morgan fingerprint density at radius 3 is 2.04 bits per heavy atom. The van der Waals surface area contributed by atoms with E-state index in [-0.39, 0.29) is 53.9 Å². The third-order valence-corrected chi connectivity index (χ3v) is 14.2. The monoisotopic (exact) mass is 838 g/mol. The summed E-state index contributed by atoms with van der Waals surface area (Å²) < 4.78 is 3.34. The largest absolute Gasteiger partial charge is 0.358 e. The maximum absolute atomic E-state index is 3.34. The topological polar surface area (TPSA) is 0 Å². The van der Waals surface area contributed by atoms with Crippen LogP contribution in [0.4, 0.5) is 0 Å². The molecule has 292 valence electrons. The maximum atomic E-state index is 3.34. The van der Waals surface area contributed by atoms with Crippen molar-refractivity contribution in [3.8, 4) is 0 Å². The van der Waals surface area contributed by atoms with Gasteiger partial charge in [-0.1, -0.05) is 171 Å². The van der Waals surface area contributed by atoms with Gasteiger partial charge in [-0.05, 0) is 40.6 Å². The summed E-state index contributed by atoms with van der Waals surface area (Å²) in [6, 6.07) is 26.5. The predicted octanol–water partition coefficient (Wildman–Crippen LogP) is 14.8. The van der Waals surface area contributed by atoms with Crippen LogP contribution in [0.3, 0.4) is 0 Å². The molecule has 0 nitrogen and oxygen atoms in total. The average Bonchev–Trinajstić information content (AvgIpc) is 3.73. The van der Waals surface area contributed by atoms with Crippen LogP contribution in [0.1, 0.15) is 107 Å². The van der Waals surface area contributed by atoms with Gasteiger partial charge in [0.1, 0.15) is 0 Å². The van der Waals surface area contributed by atoms with Crippen molar-refractivity contribution in [2.45, 2.75) is 102 Å². The molecule has 8 rings (SSSR count). The summed E-state index contributed by atoms with van der Waals surface area (Å²) in [5.41, 5.74) is 12.0. The molecular formula is C51H66Cl2Zr-4. The van der Waals surface area contributed by atoms with E-state index >= 15 is 0 Å². The van der Waals surface area contributed by atoms with Crippen LogP contribution in [-0.2, 0) is 30.7 Å².